The number of benzene rings is 1. The number of aryl methyl sites for hydroxylation is 1. The Balaban J connectivity index is 1.57. The molecular weight excluding hydrogens is 228 g/mol. The van der Waals surface area contributed by atoms with E-state index in [1.807, 2.05) is 11.3 Å². The van der Waals surface area contributed by atoms with E-state index in [2.05, 4.69) is 29.2 Å². The zero-order valence-corrected chi connectivity index (χ0v) is 10.7. The van der Waals surface area contributed by atoms with Gasteiger partial charge < -0.3 is 5.73 Å². The standard InChI is InChI=1S/C14H18N2S/c15-11(10-8-9-10)4-3-7-14-16-12-5-1-2-6-13(12)17-14/h1-2,5-6,10-11H,3-4,7-9,15H2. The van der Waals surface area contributed by atoms with Gasteiger partial charge in [-0.15, -0.1) is 11.3 Å². The second-order valence-electron chi connectivity index (χ2n) is 4.97. The van der Waals surface area contributed by atoms with Crippen LogP contribution in [0.15, 0.2) is 24.3 Å². The van der Waals surface area contributed by atoms with Crippen LogP contribution in [0.1, 0.15) is 30.7 Å². The van der Waals surface area contributed by atoms with Crippen molar-refractivity contribution in [2.24, 2.45) is 11.7 Å². The Kier molecular flexibility index (Phi) is 3.12. The van der Waals surface area contributed by atoms with E-state index in [0.717, 1.165) is 24.3 Å². The molecule has 0 saturated heterocycles. The summed E-state index contributed by atoms with van der Waals surface area (Å²) in [5, 5.41) is 1.26. The highest BCUT2D eigenvalue weighted by atomic mass is 32.1. The molecular formula is C14H18N2S. The first-order valence-corrected chi connectivity index (χ1v) is 7.24. The van der Waals surface area contributed by atoms with Crippen LogP contribution >= 0.6 is 11.3 Å². The molecule has 1 fully saturated rings. The van der Waals surface area contributed by atoms with E-state index < -0.39 is 0 Å². The molecule has 2 N–H and O–H groups in total. The van der Waals surface area contributed by atoms with Gasteiger partial charge in [0.2, 0.25) is 0 Å². The third-order valence-corrected chi connectivity index (χ3v) is 4.59. The predicted octanol–water partition coefficient (Wildman–Crippen LogP) is 3.36. The Hall–Kier alpha value is -0.930. The monoisotopic (exact) mass is 246 g/mol. The fraction of sp³-hybridized carbons (Fsp3) is 0.500. The molecule has 0 spiro atoms. The molecule has 3 rings (SSSR count). The maximum atomic E-state index is 6.10. The van der Waals surface area contributed by atoms with Crippen LogP contribution in [0.2, 0.25) is 0 Å². The number of rotatable bonds is 5. The summed E-state index contributed by atoms with van der Waals surface area (Å²) < 4.78 is 1.30. The molecule has 1 unspecified atom stereocenters. The number of fused-ring (bicyclic) bond motifs is 1. The second kappa shape index (κ2) is 4.75. The van der Waals surface area contributed by atoms with Crippen LogP contribution < -0.4 is 5.73 Å². The van der Waals surface area contributed by atoms with E-state index in [-0.39, 0.29) is 0 Å². The van der Waals surface area contributed by atoms with E-state index in [1.54, 1.807) is 0 Å². The number of aromatic nitrogens is 1. The third-order valence-electron chi connectivity index (χ3n) is 3.49. The summed E-state index contributed by atoms with van der Waals surface area (Å²) in [6.07, 6.45) is 6.11. The highest BCUT2D eigenvalue weighted by molar-refractivity contribution is 7.18. The van der Waals surface area contributed by atoms with Crippen LogP contribution in [-0.4, -0.2) is 11.0 Å². The van der Waals surface area contributed by atoms with Crippen LogP contribution in [0, 0.1) is 5.92 Å². The van der Waals surface area contributed by atoms with Crippen LogP contribution in [-0.2, 0) is 6.42 Å². The lowest BCUT2D eigenvalue weighted by Gasteiger charge is -2.08. The molecule has 90 valence electrons. The maximum Gasteiger partial charge on any atom is 0.0938 e. The third kappa shape index (κ3) is 2.67. The Bertz CT molecular complexity index is 469. The van der Waals surface area contributed by atoms with E-state index >= 15 is 0 Å². The van der Waals surface area contributed by atoms with Crippen LogP contribution in [0.4, 0.5) is 0 Å². The Morgan fingerprint density at radius 1 is 1.35 bits per heavy atom. The van der Waals surface area contributed by atoms with Crippen molar-refractivity contribution in [1.29, 1.82) is 0 Å². The Morgan fingerprint density at radius 3 is 2.94 bits per heavy atom. The van der Waals surface area contributed by atoms with Gasteiger partial charge in [0.25, 0.3) is 0 Å². The molecule has 1 heterocycles. The summed E-state index contributed by atoms with van der Waals surface area (Å²) in [5.41, 5.74) is 7.24. The number of nitrogens with zero attached hydrogens (tertiary/aromatic N) is 1. The molecule has 0 amide bonds. The van der Waals surface area contributed by atoms with E-state index in [4.69, 9.17) is 5.73 Å². The first-order valence-electron chi connectivity index (χ1n) is 6.43. The summed E-state index contributed by atoms with van der Waals surface area (Å²) in [7, 11) is 0. The van der Waals surface area contributed by atoms with Crippen molar-refractivity contribution in [2.45, 2.75) is 38.1 Å². The second-order valence-corrected chi connectivity index (χ2v) is 6.08. The first kappa shape index (κ1) is 11.2. The van der Waals surface area contributed by atoms with Crippen molar-refractivity contribution in [3.05, 3.63) is 29.3 Å². The molecule has 0 aliphatic heterocycles. The lowest BCUT2D eigenvalue weighted by atomic mass is 10.1. The zero-order chi connectivity index (χ0) is 11.7. The van der Waals surface area contributed by atoms with Gasteiger partial charge in [-0.05, 0) is 50.2 Å². The average Bonchev–Trinajstić information content (AvgIpc) is 3.09. The fourth-order valence-corrected chi connectivity index (χ4v) is 3.29. The zero-order valence-electron chi connectivity index (χ0n) is 9.93. The maximum absolute atomic E-state index is 6.10. The van der Waals surface area contributed by atoms with Crippen molar-refractivity contribution < 1.29 is 0 Å². The minimum Gasteiger partial charge on any atom is -0.327 e. The van der Waals surface area contributed by atoms with Gasteiger partial charge in [0, 0.05) is 6.04 Å². The van der Waals surface area contributed by atoms with E-state index in [9.17, 15) is 0 Å². The molecule has 3 heteroatoms. The molecule has 1 aliphatic carbocycles. The molecule has 0 radical (unpaired) electrons. The summed E-state index contributed by atoms with van der Waals surface area (Å²) in [5.74, 6) is 0.824. The largest absolute Gasteiger partial charge is 0.327 e. The van der Waals surface area contributed by atoms with Gasteiger partial charge >= 0.3 is 0 Å². The number of nitrogens with two attached hydrogens (primary N) is 1. The Labute approximate surface area is 106 Å². The lowest BCUT2D eigenvalue weighted by Crippen LogP contribution is -2.22. The van der Waals surface area contributed by atoms with Crippen molar-refractivity contribution in [3.8, 4) is 0 Å². The summed E-state index contributed by atoms with van der Waals surface area (Å²) in [6.45, 7) is 0. The normalized spacial score (nSPS) is 17.5. The van der Waals surface area contributed by atoms with Gasteiger partial charge in [-0.3, -0.25) is 0 Å². The number of para-hydroxylation sites is 1. The minimum absolute atomic E-state index is 0.435. The predicted molar refractivity (Wildman–Crippen MR) is 73.3 cm³/mol. The highest BCUT2D eigenvalue weighted by Gasteiger charge is 2.27. The van der Waals surface area contributed by atoms with Crippen molar-refractivity contribution in [2.75, 3.05) is 0 Å². The average molecular weight is 246 g/mol. The summed E-state index contributed by atoms with van der Waals surface area (Å²) in [6, 6.07) is 8.80. The molecule has 1 atom stereocenters. The Morgan fingerprint density at radius 2 is 2.18 bits per heavy atom. The van der Waals surface area contributed by atoms with Gasteiger partial charge in [0.1, 0.15) is 0 Å². The summed E-state index contributed by atoms with van der Waals surface area (Å²) >= 11 is 1.82. The van der Waals surface area contributed by atoms with Crippen LogP contribution in [0.3, 0.4) is 0 Å². The molecule has 1 aromatic heterocycles. The van der Waals surface area contributed by atoms with Crippen molar-refractivity contribution in [3.63, 3.8) is 0 Å². The van der Waals surface area contributed by atoms with Gasteiger partial charge in [-0.2, -0.15) is 0 Å². The lowest BCUT2D eigenvalue weighted by molar-refractivity contribution is 0.528. The van der Waals surface area contributed by atoms with E-state index in [0.29, 0.717) is 6.04 Å². The first-order chi connectivity index (χ1) is 8.33. The molecule has 1 saturated carbocycles. The molecule has 1 aromatic carbocycles. The number of thiazole rings is 1. The quantitative estimate of drug-likeness (QED) is 0.878. The fourth-order valence-electron chi connectivity index (χ4n) is 2.28. The number of hydrogen-bond donors (Lipinski definition) is 1. The molecule has 2 aromatic rings. The smallest absolute Gasteiger partial charge is 0.0938 e. The van der Waals surface area contributed by atoms with Crippen LogP contribution in [0.5, 0.6) is 0 Å². The molecule has 17 heavy (non-hydrogen) atoms. The molecule has 2 nitrogen and oxygen atoms in total. The van der Waals surface area contributed by atoms with Gasteiger partial charge in [-0.25, -0.2) is 4.98 Å². The van der Waals surface area contributed by atoms with Gasteiger partial charge in [-0.1, -0.05) is 12.1 Å². The van der Waals surface area contributed by atoms with Crippen molar-refractivity contribution in [1.82, 2.24) is 4.98 Å². The van der Waals surface area contributed by atoms with Crippen molar-refractivity contribution >= 4 is 21.6 Å². The van der Waals surface area contributed by atoms with Gasteiger partial charge in [0.05, 0.1) is 15.2 Å². The van der Waals surface area contributed by atoms with Crippen LogP contribution in [0.25, 0.3) is 10.2 Å². The molecule has 1 aliphatic rings. The topological polar surface area (TPSA) is 38.9 Å². The number of hydrogen-bond acceptors (Lipinski definition) is 3. The summed E-state index contributed by atoms with van der Waals surface area (Å²) in [4.78, 5) is 4.65. The SMILES string of the molecule is NC(CCCc1nc2ccccc2s1)C1CC1. The molecule has 0 bridgehead atoms. The van der Waals surface area contributed by atoms with Gasteiger partial charge in [0.15, 0.2) is 0 Å². The minimum atomic E-state index is 0.435. The van der Waals surface area contributed by atoms with E-state index in [1.165, 1.54) is 29.0 Å². The highest BCUT2D eigenvalue weighted by Crippen LogP contribution is 2.33.